The number of rotatable bonds is 5. The molecule has 0 heterocycles. The zero-order chi connectivity index (χ0) is 15.8. The second-order valence-electron chi connectivity index (χ2n) is 3.20. The molecule has 110 valence electrons. The molecule has 0 atom stereocenters. The van der Waals surface area contributed by atoms with Crippen LogP contribution in [0.15, 0.2) is 48.4 Å². The van der Waals surface area contributed by atoms with Crippen LogP contribution >= 0.6 is 0 Å². The maximum atomic E-state index is 10.7. The van der Waals surface area contributed by atoms with Crippen LogP contribution in [0.2, 0.25) is 0 Å². The molecular weight excluding hydrogens is 240 g/mol. The van der Waals surface area contributed by atoms with E-state index in [2.05, 4.69) is 6.58 Å². The lowest BCUT2D eigenvalue weighted by Gasteiger charge is -2.01. The molecule has 0 aromatic heterocycles. The SMILES string of the molecule is C=C/C=C(C)/C(=C/C=C/N(C)C)[N+](=O)[O-].CC.CC. The van der Waals surface area contributed by atoms with Gasteiger partial charge in [-0.1, -0.05) is 46.4 Å². The van der Waals surface area contributed by atoms with Crippen molar-refractivity contribution >= 4 is 0 Å². The minimum atomic E-state index is -0.407. The Labute approximate surface area is 118 Å². The summed E-state index contributed by atoms with van der Waals surface area (Å²) in [5, 5.41) is 10.7. The van der Waals surface area contributed by atoms with Gasteiger partial charge in [0.15, 0.2) is 0 Å². The first-order valence-corrected chi connectivity index (χ1v) is 6.48. The molecule has 0 aromatic carbocycles. The first-order chi connectivity index (χ1) is 8.99. The second-order valence-corrected chi connectivity index (χ2v) is 3.20. The van der Waals surface area contributed by atoms with Crippen LogP contribution in [-0.4, -0.2) is 23.9 Å². The van der Waals surface area contributed by atoms with E-state index in [1.807, 2.05) is 41.8 Å². The molecule has 0 aliphatic carbocycles. The smallest absolute Gasteiger partial charge is 0.272 e. The normalized spacial score (nSPS) is 10.9. The molecule has 0 aliphatic heterocycles. The number of nitro groups is 1. The lowest BCUT2D eigenvalue weighted by Crippen LogP contribution is -2.01. The van der Waals surface area contributed by atoms with E-state index < -0.39 is 4.92 Å². The van der Waals surface area contributed by atoms with E-state index in [1.54, 1.807) is 30.2 Å². The largest absolute Gasteiger partial charge is 0.383 e. The Balaban J connectivity index is -0.000000579. The van der Waals surface area contributed by atoms with E-state index >= 15 is 0 Å². The van der Waals surface area contributed by atoms with Crippen LogP contribution in [0.25, 0.3) is 0 Å². The Kier molecular flexibility index (Phi) is 19.0. The van der Waals surface area contributed by atoms with E-state index in [0.29, 0.717) is 5.57 Å². The average molecular weight is 268 g/mol. The molecule has 0 N–H and O–H groups in total. The fourth-order valence-electron chi connectivity index (χ4n) is 0.905. The van der Waals surface area contributed by atoms with Gasteiger partial charge in [-0.3, -0.25) is 10.1 Å². The van der Waals surface area contributed by atoms with Crippen molar-refractivity contribution < 1.29 is 4.92 Å². The average Bonchev–Trinajstić information content (AvgIpc) is 2.39. The third kappa shape index (κ3) is 14.1. The lowest BCUT2D eigenvalue weighted by molar-refractivity contribution is -0.420. The second kappa shape index (κ2) is 16.2. The van der Waals surface area contributed by atoms with Gasteiger partial charge in [0.2, 0.25) is 0 Å². The maximum Gasteiger partial charge on any atom is 0.272 e. The molecule has 0 saturated carbocycles. The van der Waals surface area contributed by atoms with Gasteiger partial charge in [-0.25, -0.2) is 0 Å². The molecule has 0 unspecified atom stereocenters. The Bertz CT molecular complexity index is 327. The van der Waals surface area contributed by atoms with Gasteiger partial charge in [0.1, 0.15) is 0 Å². The molecule has 0 radical (unpaired) electrons. The van der Waals surface area contributed by atoms with Crippen molar-refractivity contribution in [3.63, 3.8) is 0 Å². The highest BCUT2D eigenvalue weighted by Gasteiger charge is 2.10. The van der Waals surface area contributed by atoms with Crippen molar-refractivity contribution in [2.75, 3.05) is 14.1 Å². The summed E-state index contributed by atoms with van der Waals surface area (Å²) in [6, 6.07) is 0. The number of hydrogen-bond acceptors (Lipinski definition) is 3. The Morgan fingerprint density at radius 2 is 1.63 bits per heavy atom. The zero-order valence-corrected chi connectivity index (χ0v) is 13.3. The first-order valence-electron chi connectivity index (χ1n) is 6.48. The van der Waals surface area contributed by atoms with E-state index in [9.17, 15) is 10.1 Å². The van der Waals surface area contributed by atoms with Gasteiger partial charge in [0.05, 0.1) is 4.92 Å². The van der Waals surface area contributed by atoms with Crippen LogP contribution in [0.4, 0.5) is 0 Å². The molecule has 19 heavy (non-hydrogen) atoms. The van der Waals surface area contributed by atoms with Crippen LogP contribution in [0.1, 0.15) is 34.6 Å². The molecular formula is C15H28N2O2. The van der Waals surface area contributed by atoms with Crippen molar-refractivity contribution in [3.05, 3.63) is 58.5 Å². The fraction of sp³-hybridized carbons (Fsp3) is 0.467. The Morgan fingerprint density at radius 3 is 1.95 bits per heavy atom. The zero-order valence-electron chi connectivity index (χ0n) is 13.3. The summed E-state index contributed by atoms with van der Waals surface area (Å²) in [5.74, 6) is 0. The predicted molar refractivity (Wildman–Crippen MR) is 84.6 cm³/mol. The minimum absolute atomic E-state index is 0.0769. The van der Waals surface area contributed by atoms with Crippen LogP contribution in [0, 0.1) is 10.1 Å². The van der Waals surface area contributed by atoms with Crippen LogP contribution in [-0.2, 0) is 0 Å². The molecule has 0 aliphatic rings. The number of nitrogens with zero attached hydrogens (tertiary/aromatic N) is 2. The van der Waals surface area contributed by atoms with E-state index in [4.69, 9.17) is 0 Å². The summed E-state index contributed by atoms with van der Waals surface area (Å²) in [5.41, 5.74) is 0.659. The van der Waals surface area contributed by atoms with Crippen LogP contribution < -0.4 is 0 Å². The summed E-state index contributed by atoms with van der Waals surface area (Å²) in [4.78, 5) is 12.1. The van der Waals surface area contributed by atoms with Gasteiger partial charge < -0.3 is 4.90 Å². The molecule has 0 aromatic rings. The monoisotopic (exact) mass is 268 g/mol. The highest BCUT2D eigenvalue weighted by atomic mass is 16.6. The lowest BCUT2D eigenvalue weighted by atomic mass is 10.2. The molecule has 0 fully saturated rings. The minimum Gasteiger partial charge on any atom is -0.383 e. The van der Waals surface area contributed by atoms with Gasteiger partial charge in [0, 0.05) is 25.7 Å². The molecule has 0 saturated heterocycles. The summed E-state index contributed by atoms with van der Waals surface area (Å²) in [7, 11) is 3.70. The summed E-state index contributed by atoms with van der Waals surface area (Å²) in [6.07, 6.45) is 7.99. The molecule has 0 spiro atoms. The van der Waals surface area contributed by atoms with Crippen molar-refractivity contribution in [2.45, 2.75) is 34.6 Å². The Morgan fingerprint density at radius 1 is 1.16 bits per heavy atom. The van der Waals surface area contributed by atoms with Gasteiger partial charge >= 0.3 is 0 Å². The molecule has 0 bridgehead atoms. The number of hydrogen-bond donors (Lipinski definition) is 0. The third-order valence-electron chi connectivity index (χ3n) is 1.61. The van der Waals surface area contributed by atoms with Gasteiger partial charge in [-0.15, -0.1) is 0 Å². The predicted octanol–water partition coefficient (Wildman–Crippen LogP) is 4.41. The molecule has 4 nitrogen and oxygen atoms in total. The fourth-order valence-corrected chi connectivity index (χ4v) is 0.905. The van der Waals surface area contributed by atoms with E-state index in [1.165, 1.54) is 12.2 Å². The molecule has 4 heteroatoms. The summed E-state index contributed by atoms with van der Waals surface area (Å²) < 4.78 is 0. The van der Waals surface area contributed by atoms with E-state index in [0.717, 1.165) is 0 Å². The quantitative estimate of drug-likeness (QED) is 0.421. The van der Waals surface area contributed by atoms with Crippen molar-refractivity contribution in [1.29, 1.82) is 0 Å². The molecule has 0 rings (SSSR count). The van der Waals surface area contributed by atoms with Gasteiger partial charge in [0.25, 0.3) is 5.70 Å². The van der Waals surface area contributed by atoms with Crippen molar-refractivity contribution in [2.24, 2.45) is 0 Å². The van der Waals surface area contributed by atoms with Gasteiger partial charge in [-0.2, -0.15) is 0 Å². The highest BCUT2D eigenvalue weighted by Crippen LogP contribution is 2.10. The highest BCUT2D eigenvalue weighted by molar-refractivity contribution is 5.28. The third-order valence-corrected chi connectivity index (χ3v) is 1.61. The van der Waals surface area contributed by atoms with Crippen LogP contribution in [0.5, 0.6) is 0 Å². The van der Waals surface area contributed by atoms with Crippen molar-refractivity contribution in [3.8, 4) is 0 Å². The maximum absolute atomic E-state index is 10.7. The summed E-state index contributed by atoms with van der Waals surface area (Å²) >= 11 is 0. The van der Waals surface area contributed by atoms with Crippen LogP contribution in [0.3, 0.4) is 0 Å². The number of allylic oxidation sites excluding steroid dienone is 5. The Hall–Kier alpha value is -1.84. The topological polar surface area (TPSA) is 46.4 Å². The molecule has 0 amide bonds. The van der Waals surface area contributed by atoms with Gasteiger partial charge in [-0.05, 0) is 19.2 Å². The van der Waals surface area contributed by atoms with Crippen molar-refractivity contribution in [1.82, 2.24) is 4.90 Å². The first kappa shape index (κ1) is 22.3. The standard InChI is InChI=1S/C11H16N2O2.2C2H6/c1-5-7-10(2)11(13(14)15)8-6-9-12(3)4;2*1-2/h5-9H,1H2,2-4H3;2*1-2H3/b9-6+,10-7+,11-8-;;. The summed E-state index contributed by atoms with van der Waals surface area (Å²) in [6.45, 7) is 13.2. The van der Waals surface area contributed by atoms with E-state index in [-0.39, 0.29) is 5.70 Å².